The summed E-state index contributed by atoms with van der Waals surface area (Å²) in [6.45, 7) is -0.764. The van der Waals surface area contributed by atoms with Gasteiger partial charge in [0.05, 0.1) is 6.20 Å². The molecule has 0 radical (unpaired) electrons. The molecule has 1 aromatic rings. The van der Waals surface area contributed by atoms with Crippen molar-refractivity contribution >= 4 is 0 Å². The Balaban J connectivity index is 2.67. The van der Waals surface area contributed by atoms with E-state index in [1.54, 1.807) is 12.3 Å². The van der Waals surface area contributed by atoms with Gasteiger partial charge >= 0.3 is 6.61 Å². The summed E-state index contributed by atoms with van der Waals surface area (Å²) in [6.07, 6.45) is 4.72. The topological polar surface area (TPSA) is 22.1 Å². The van der Waals surface area contributed by atoms with Crippen LogP contribution in [0.1, 0.15) is 18.9 Å². The molecule has 1 rings (SSSR count). The zero-order valence-corrected chi connectivity index (χ0v) is 7.34. The van der Waals surface area contributed by atoms with Gasteiger partial charge in [0, 0.05) is 6.20 Å². The molecular formula is C9H11F2NO. The first kappa shape index (κ1) is 9.89. The lowest BCUT2D eigenvalue weighted by Crippen LogP contribution is -2.02. The second-order valence-corrected chi connectivity index (χ2v) is 2.66. The number of hydrogen-bond acceptors (Lipinski definition) is 2. The molecule has 0 amide bonds. The highest BCUT2D eigenvalue weighted by Crippen LogP contribution is 2.14. The Morgan fingerprint density at radius 1 is 1.46 bits per heavy atom. The third kappa shape index (κ3) is 3.36. The standard InChI is InChI=1S/C9H11F2NO/c1-2-3-7-4-8(6-12-5-7)13-9(10)11/h4-6,9H,2-3H2,1H3. The van der Waals surface area contributed by atoms with Crippen molar-refractivity contribution < 1.29 is 13.5 Å². The Bertz CT molecular complexity index is 266. The molecule has 0 unspecified atom stereocenters. The van der Waals surface area contributed by atoms with E-state index in [9.17, 15) is 8.78 Å². The van der Waals surface area contributed by atoms with Crippen LogP contribution in [0.2, 0.25) is 0 Å². The van der Waals surface area contributed by atoms with Gasteiger partial charge in [-0.2, -0.15) is 8.78 Å². The first-order chi connectivity index (χ1) is 6.22. The molecule has 0 aliphatic heterocycles. The molecule has 0 saturated heterocycles. The summed E-state index contributed by atoms with van der Waals surface area (Å²) < 4.78 is 27.8. The second-order valence-electron chi connectivity index (χ2n) is 2.66. The van der Waals surface area contributed by atoms with Crippen molar-refractivity contribution in [2.24, 2.45) is 0 Å². The van der Waals surface area contributed by atoms with Crippen LogP contribution in [-0.2, 0) is 6.42 Å². The number of halogens is 2. The van der Waals surface area contributed by atoms with Gasteiger partial charge in [-0.1, -0.05) is 13.3 Å². The lowest BCUT2D eigenvalue weighted by atomic mass is 10.2. The molecule has 1 heterocycles. The van der Waals surface area contributed by atoms with E-state index in [4.69, 9.17) is 0 Å². The van der Waals surface area contributed by atoms with Gasteiger partial charge in [-0.25, -0.2) is 0 Å². The number of pyridine rings is 1. The largest absolute Gasteiger partial charge is 0.433 e. The monoisotopic (exact) mass is 187 g/mol. The van der Waals surface area contributed by atoms with Gasteiger partial charge in [-0.15, -0.1) is 0 Å². The highest BCUT2D eigenvalue weighted by atomic mass is 19.3. The Hall–Kier alpha value is -1.19. The predicted molar refractivity (Wildman–Crippen MR) is 44.9 cm³/mol. The van der Waals surface area contributed by atoms with E-state index in [1.807, 2.05) is 6.92 Å². The number of hydrogen-bond donors (Lipinski definition) is 0. The Labute approximate surface area is 75.6 Å². The Morgan fingerprint density at radius 2 is 2.23 bits per heavy atom. The zero-order valence-electron chi connectivity index (χ0n) is 7.34. The van der Waals surface area contributed by atoms with Crippen LogP contribution in [0, 0.1) is 0 Å². The van der Waals surface area contributed by atoms with E-state index in [1.165, 1.54) is 6.20 Å². The van der Waals surface area contributed by atoms with E-state index in [2.05, 4.69) is 9.72 Å². The molecule has 13 heavy (non-hydrogen) atoms. The highest BCUT2D eigenvalue weighted by Gasteiger charge is 2.04. The highest BCUT2D eigenvalue weighted by molar-refractivity contribution is 5.23. The third-order valence-corrected chi connectivity index (χ3v) is 1.53. The molecule has 0 N–H and O–H groups in total. The minimum absolute atomic E-state index is 0.126. The lowest BCUT2D eigenvalue weighted by Gasteiger charge is -2.04. The Morgan fingerprint density at radius 3 is 2.85 bits per heavy atom. The van der Waals surface area contributed by atoms with E-state index >= 15 is 0 Å². The molecule has 0 fully saturated rings. The summed E-state index contributed by atoms with van der Waals surface area (Å²) in [4.78, 5) is 3.80. The van der Waals surface area contributed by atoms with Gasteiger partial charge in [0.15, 0.2) is 0 Å². The van der Waals surface area contributed by atoms with Crippen molar-refractivity contribution in [3.8, 4) is 5.75 Å². The molecule has 0 aliphatic carbocycles. The maximum absolute atomic E-state index is 11.8. The van der Waals surface area contributed by atoms with Crippen molar-refractivity contribution in [1.82, 2.24) is 4.98 Å². The summed E-state index contributed by atoms with van der Waals surface area (Å²) in [5, 5.41) is 0. The normalized spacial score (nSPS) is 10.5. The number of aryl methyl sites for hydroxylation is 1. The fourth-order valence-corrected chi connectivity index (χ4v) is 1.06. The van der Waals surface area contributed by atoms with Crippen LogP contribution in [0.3, 0.4) is 0 Å². The van der Waals surface area contributed by atoms with Crippen LogP contribution < -0.4 is 4.74 Å². The maximum atomic E-state index is 11.8. The van der Waals surface area contributed by atoms with Gasteiger partial charge in [-0.3, -0.25) is 4.98 Å². The van der Waals surface area contributed by atoms with Crippen molar-refractivity contribution in [1.29, 1.82) is 0 Å². The van der Waals surface area contributed by atoms with Crippen molar-refractivity contribution in [3.63, 3.8) is 0 Å². The minimum Gasteiger partial charge on any atom is -0.433 e. The van der Waals surface area contributed by atoms with Gasteiger partial charge < -0.3 is 4.74 Å². The third-order valence-electron chi connectivity index (χ3n) is 1.53. The van der Waals surface area contributed by atoms with Crippen molar-refractivity contribution in [3.05, 3.63) is 24.0 Å². The molecule has 0 aliphatic rings. The van der Waals surface area contributed by atoms with E-state index in [-0.39, 0.29) is 5.75 Å². The lowest BCUT2D eigenvalue weighted by molar-refractivity contribution is -0.0501. The summed E-state index contributed by atoms with van der Waals surface area (Å²) >= 11 is 0. The maximum Gasteiger partial charge on any atom is 0.387 e. The van der Waals surface area contributed by atoms with E-state index in [0.29, 0.717) is 0 Å². The number of ether oxygens (including phenoxy) is 1. The number of alkyl halides is 2. The SMILES string of the molecule is CCCc1cncc(OC(F)F)c1. The Kier molecular flexibility index (Phi) is 3.61. The van der Waals surface area contributed by atoms with Gasteiger partial charge in [0.1, 0.15) is 5.75 Å². The smallest absolute Gasteiger partial charge is 0.387 e. The quantitative estimate of drug-likeness (QED) is 0.722. The fraction of sp³-hybridized carbons (Fsp3) is 0.444. The number of rotatable bonds is 4. The second kappa shape index (κ2) is 4.74. The van der Waals surface area contributed by atoms with Gasteiger partial charge in [0.25, 0.3) is 0 Å². The van der Waals surface area contributed by atoms with E-state index < -0.39 is 6.61 Å². The summed E-state index contributed by atoms with van der Waals surface area (Å²) in [5.74, 6) is 0.126. The van der Waals surface area contributed by atoms with Crippen LogP contribution in [0.5, 0.6) is 5.75 Å². The zero-order chi connectivity index (χ0) is 9.68. The number of aromatic nitrogens is 1. The predicted octanol–water partition coefficient (Wildman–Crippen LogP) is 2.64. The first-order valence-corrected chi connectivity index (χ1v) is 4.11. The average molecular weight is 187 g/mol. The van der Waals surface area contributed by atoms with E-state index in [0.717, 1.165) is 18.4 Å². The van der Waals surface area contributed by atoms with Crippen molar-refractivity contribution in [2.45, 2.75) is 26.4 Å². The van der Waals surface area contributed by atoms with Gasteiger partial charge in [0.2, 0.25) is 0 Å². The van der Waals surface area contributed by atoms with Crippen LogP contribution in [0.15, 0.2) is 18.5 Å². The first-order valence-electron chi connectivity index (χ1n) is 4.11. The van der Waals surface area contributed by atoms with Crippen LogP contribution in [-0.4, -0.2) is 11.6 Å². The van der Waals surface area contributed by atoms with Crippen LogP contribution in [0.25, 0.3) is 0 Å². The van der Waals surface area contributed by atoms with Crippen LogP contribution in [0.4, 0.5) is 8.78 Å². The number of nitrogens with zero attached hydrogens (tertiary/aromatic N) is 1. The fourth-order valence-electron chi connectivity index (χ4n) is 1.06. The van der Waals surface area contributed by atoms with Crippen molar-refractivity contribution in [2.75, 3.05) is 0 Å². The molecule has 72 valence electrons. The molecule has 0 spiro atoms. The molecule has 0 atom stereocenters. The minimum atomic E-state index is -2.78. The molecular weight excluding hydrogens is 176 g/mol. The molecule has 0 aromatic carbocycles. The molecule has 2 nitrogen and oxygen atoms in total. The molecule has 1 aromatic heterocycles. The van der Waals surface area contributed by atoms with Gasteiger partial charge in [-0.05, 0) is 18.1 Å². The molecule has 0 saturated carbocycles. The summed E-state index contributed by atoms with van der Waals surface area (Å²) in [5.41, 5.74) is 0.917. The molecule has 0 bridgehead atoms. The summed E-state index contributed by atoms with van der Waals surface area (Å²) in [6, 6.07) is 1.59. The summed E-state index contributed by atoms with van der Waals surface area (Å²) in [7, 11) is 0. The van der Waals surface area contributed by atoms with Crippen LogP contribution >= 0.6 is 0 Å². The average Bonchev–Trinajstić information content (AvgIpc) is 2.04. The molecule has 4 heteroatoms.